The molecule has 1 heterocycles. The van der Waals surface area contributed by atoms with Gasteiger partial charge in [-0.2, -0.15) is 0 Å². The van der Waals surface area contributed by atoms with Crippen LogP contribution in [-0.4, -0.2) is 9.97 Å². The molecule has 0 bridgehead atoms. The van der Waals surface area contributed by atoms with E-state index >= 15 is 0 Å². The fourth-order valence-corrected chi connectivity index (χ4v) is 1.95. The Bertz CT molecular complexity index is 481. The second-order valence-corrected chi connectivity index (χ2v) is 4.25. The molecule has 16 heavy (non-hydrogen) atoms. The van der Waals surface area contributed by atoms with Crippen LogP contribution in [0, 0.1) is 13.8 Å². The Hall–Kier alpha value is -1.44. The average Bonchev–Trinajstić information content (AvgIpc) is 2.29. The molecule has 1 aromatic heterocycles. The first kappa shape index (κ1) is 11.1. The molecule has 0 saturated carbocycles. The molecule has 0 unspecified atom stereocenters. The minimum Gasteiger partial charge on any atom is -0.249 e. The summed E-state index contributed by atoms with van der Waals surface area (Å²) < 4.78 is 0. The normalized spacial score (nSPS) is 11.0. The summed E-state index contributed by atoms with van der Waals surface area (Å²) in [4.78, 5) is 9.41. The zero-order valence-corrected chi connectivity index (χ0v) is 10.5. The van der Waals surface area contributed by atoms with Gasteiger partial charge in [0.05, 0.1) is 22.4 Å². The van der Waals surface area contributed by atoms with Gasteiger partial charge in [-0.05, 0) is 49.9 Å². The van der Waals surface area contributed by atoms with Gasteiger partial charge in [0.1, 0.15) is 0 Å². The molecular weight excluding hydrogens is 196 g/mol. The minimum absolute atomic E-state index is 0.957. The Morgan fingerprint density at radius 1 is 0.812 bits per heavy atom. The van der Waals surface area contributed by atoms with Crippen molar-refractivity contribution < 1.29 is 0 Å². The number of hydrogen-bond donors (Lipinski definition) is 0. The maximum atomic E-state index is 4.70. The zero-order valence-electron chi connectivity index (χ0n) is 10.5. The lowest BCUT2D eigenvalue weighted by Crippen LogP contribution is -2.01. The minimum atomic E-state index is 0.957. The SMILES string of the molecule is CCc1nc2cc(C)c(C)cc2nc1CC. The second kappa shape index (κ2) is 4.20. The molecule has 0 N–H and O–H groups in total. The number of nitrogens with zero attached hydrogens (tertiary/aromatic N) is 2. The molecule has 0 radical (unpaired) electrons. The summed E-state index contributed by atoms with van der Waals surface area (Å²) in [7, 11) is 0. The van der Waals surface area contributed by atoms with Crippen molar-refractivity contribution in [3.05, 3.63) is 34.6 Å². The monoisotopic (exact) mass is 214 g/mol. The third kappa shape index (κ3) is 1.80. The number of hydrogen-bond acceptors (Lipinski definition) is 2. The van der Waals surface area contributed by atoms with Crippen LogP contribution in [0.5, 0.6) is 0 Å². The molecule has 2 heteroatoms. The first-order valence-corrected chi connectivity index (χ1v) is 5.92. The van der Waals surface area contributed by atoms with Crippen molar-refractivity contribution in [1.82, 2.24) is 9.97 Å². The van der Waals surface area contributed by atoms with Crippen molar-refractivity contribution in [2.75, 3.05) is 0 Å². The highest BCUT2D eigenvalue weighted by Gasteiger charge is 2.06. The molecule has 0 aliphatic heterocycles. The second-order valence-electron chi connectivity index (χ2n) is 4.25. The van der Waals surface area contributed by atoms with Gasteiger partial charge >= 0.3 is 0 Å². The maximum Gasteiger partial charge on any atom is 0.0893 e. The molecule has 84 valence electrons. The standard InChI is InChI=1S/C14H18N2/c1-5-11-12(6-2)16-14-8-10(4)9(3)7-13(14)15-11/h7-8H,5-6H2,1-4H3. The number of aromatic nitrogens is 2. The third-order valence-corrected chi connectivity index (χ3v) is 3.10. The molecule has 0 atom stereocenters. The highest BCUT2D eigenvalue weighted by atomic mass is 14.8. The molecule has 2 nitrogen and oxygen atoms in total. The smallest absolute Gasteiger partial charge is 0.0893 e. The zero-order chi connectivity index (χ0) is 11.7. The Morgan fingerprint density at radius 2 is 1.19 bits per heavy atom. The van der Waals surface area contributed by atoms with E-state index in [9.17, 15) is 0 Å². The van der Waals surface area contributed by atoms with Crippen LogP contribution in [0.3, 0.4) is 0 Å². The quantitative estimate of drug-likeness (QED) is 0.766. The van der Waals surface area contributed by atoms with Gasteiger partial charge in [-0.15, -0.1) is 0 Å². The molecular formula is C14H18N2. The van der Waals surface area contributed by atoms with E-state index in [2.05, 4.69) is 39.8 Å². The van der Waals surface area contributed by atoms with Crippen molar-refractivity contribution in [2.24, 2.45) is 0 Å². The van der Waals surface area contributed by atoms with Crippen molar-refractivity contribution in [3.63, 3.8) is 0 Å². The van der Waals surface area contributed by atoms with Crippen LogP contribution >= 0.6 is 0 Å². The number of benzene rings is 1. The van der Waals surface area contributed by atoms with Crippen LogP contribution in [0.2, 0.25) is 0 Å². The maximum absolute atomic E-state index is 4.70. The van der Waals surface area contributed by atoms with Gasteiger partial charge in [0.15, 0.2) is 0 Å². The van der Waals surface area contributed by atoms with Crippen LogP contribution in [0.25, 0.3) is 11.0 Å². The topological polar surface area (TPSA) is 25.8 Å². The summed E-state index contributed by atoms with van der Waals surface area (Å²) in [6, 6.07) is 4.27. The third-order valence-electron chi connectivity index (χ3n) is 3.10. The van der Waals surface area contributed by atoms with E-state index < -0.39 is 0 Å². The predicted molar refractivity (Wildman–Crippen MR) is 67.8 cm³/mol. The summed E-state index contributed by atoms with van der Waals surface area (Å²) in [6.07, 6.45) is 1.91. The van der Waals surface area contributed by atoms with Crippen LogP contribution < -0.4 is 0 Å². The van der Waals surface area contributed by atoms with E-state index in [1.54, 1.807) is 0 Å². The van der Waals surface area contributed by atoms with E-state index in [1.165, 1.54) is 11.1 Å². The fourth-order valence-electron chi connectivity index (χ4n) is 1.95. The van der Waals surface area contributed by atoms with Crippen LogP contribution in [0.1, 0.15) is 36.4 Å². The first-order valence-electron chi connectivity index (χ1n) is 5.92. The van der Waals surface area contributed by atoms with Gasteiger partial charge in [0, 0.05) is 0 Å². The predicted octanol–water partition coefficient (Wildman–Crippen LogP) is 3.37. The number of aryl methyl sites for hydroxylation is 4. The molecule has 2 aromatic rings. The largest absolute Gasteiger partial charge is 0.249 e. The van der Waals surface area contributed by atoms with Crippen molar-refractivity contribution >= 4 is 11.0 Å². The molecule has 0 aliphatic carbocycles. The summed E-state index contributed by atoms with van der Waals surface area (Å²) in [6.45, 7) is 8.51. The van der Waals surface area contributed by atoms with Gasteiger partial charge in [-0.1, -0.05) is 13.8 Å². The average molecular weight is 214 g/mol. The number of fused-ring (bicyclic) bond motifs is 1. The first-order chi connectivity index (χ1) is 7.65. The Labute approximate surface area is 96.7 Å². The van der Waals surface area contributed by atoms with Crippen molar-refractivity contribution in [1.29, 1.82) is 0 Å². The van der Waals surface area contributed by atoms with Gasteiger partial charge in [0.2, 0.25) is 0 Å². The molecule has 0 saturated heterocycles. The summed E-state index contributed by atoms with van der Waals surface area (Å²) in [5.41, 5.74) is 6.90. The van der Waals surface area contributed by atoms with E-state index in [0.29, 0.717) is 0 Å². The summed E-state index contributed by atoms with van der Waals surface area (Å²) in [5.74, 6) is 0. The molecule has 1 aromatic carbocycles. The summed E-state index contributed by atoms with van der Waals surface area (Å²) >= 11 is 0. The molecule has 0 spiro atoms. The lowest BCUT2D eigenvalue weighted by atomic mass is 10.1. The van der Waals surface area contributed by atoms with Gasteiger partial charge in [-0.25, -0.2) is 9.97 Å². The van der Waals surface area contributed by atoms with Gasteiger partial charge < -0.3 is 0 Å². The van der Waals surface area contributed by atoms with Gasteiger partial charge in [0.25, 0.3) is 0 Å². The fraction of sp³-hybridized carbons (Fsp3) is 0.429. The molecule has 0 fully saturated rings. The van der Waals surface area contributed by atoms with Crippen LogP contribution in [-0.2, 0) is 12.8 Å². The highest BCUT2D eigenvalue weighted by molar-refractivity contribution is 5.76. The highest BCUT2D eigenvalue weighted by Crippen LogP contribution is 2.18. The van der Waals surface area contributed by atoms with Crippen LogP contribution in [0.15, 0.2) is 12.1 Å². The van der Waals surface area contributed by atoms with E-state index in [-0.39, 0.29) is 0 Å². The van der Waals surface area contributed by atoms with E-state index in [4.69, 9.17) is 9.97 Å². The van der Waals surface area contributed by atoms with Crippen molar-refractivity contribution in [3.8, 4) is 0 Å². The Balaban J connectivity index is 2.73. The lowest BCUT2D eigenvalue weighted by molar-refractivity contribution is 0.929. The van der Waals surface area contributed by atoms with Gasteiger partial charge in [-0.3, -0.25) is 0 Å². The molecule has 0 amide bonds. The Morgan fingerprint density at radius 3 is 1.50 bits per heavy atom. The van der Waals surface area contributed by atoms with E-state index in [1.807, 2.05) is 0 Å². The summed E-state index contributed by atoms with van der Waals surface area (Å²) in [5, 5.41) is 0. The van der Waals surface area contributed by atoms with Crippen molar-refractivity contribution in [2.45, 2.75) is 40.5 Å². The Kier molecular flexibility index (Phi) is 2.90. The van der Waals surface area contributed by atoms with E-state index in [0.717, 1.165) is 35.3 Å². The molecule has 2 rings (SSSR count). The van der Waals surface area contributed by atoms with Crippen LogP contribution in [0.4, 0.5) is 0 Å². The molecule has 0 aliphatic rings. The lowest BCUT2D eigenvalue weighted by Gasteiger charge is -2.08. The number of rotatable bonds is 2.